The summed E-state index contributed by atoms with van der Waals surface area (Å²) in [6.45, 7) is 10.9. The second-order valence-corrected chi connectivity index (χ2v) is 12.4. The second kappa shape index (κ2) is 8.34. The molecular weight excluding hydrogens is 240 g/mol. The number of aliphatic hydroxyl groups is 1. The van der Waals surface area contributed by atoms with Crippen molar-refractivity contribution < 1.29 is 9.84 Å². The summed E-state index contributed by atoms with van der Waals surface area (Å²) in [5.41, 5.74) is 0. The van der Waals surface area contributed by atoms with Gasteiger partial charge in [0.25, 0.3) is 0 Å². The van der Waals surface area contributed by atoms with Gasteiger partial charge in [0.2, 0.25) is 0 Å². The Kier molecular flexibility index (Phi) is 8.40. The molecule has 0 rings (SSSR count). The molecule has 0 spiro atoms. The van der Waals surface area contributed by atoms with Gasteiger partial charge in [-0.1, -0.05) is 58.7 Å². The third kappa shape index (κ3) is 6.91. The van der Waals surface area contributed by atoms with Crippen molar-refractivity contribution in [2.45, 2.75) is 89.8 Å². The molecule has 18 heavy (non-hydrogen) atoms. The maximum Gasteiger partial charge on any atom is 0.0818 e. The van der Waals surface area contributed by atoms with Gasteiger partial charge in [-0.05, 0) is 19.8 Å². The van der Waals surface area contributed by atoms with Crippen molar-refractivity contribution in [3.63, 3.8) is 0 Å². The molecule has 0 aromatic heterocycles. The molecule has 0 unspecified atom stereocenters. The van der Waals surface area contributed by atoms with Gasteiger partial charge in [0.15, 0.2) is 0 Å². The van der Waals surface area contributed by atoms with Crippen molar-refractivity contribution in [1.82, 2.24) is 0 Å². The number of ether oxygens (including phenoxy) is 1. The zero-order valence-electron chi connectivity index (χ0n) is 13.4. The quantitative estimate of drug-likeness (QED) is 0.473. The zero-order chi connectivity index (χ0) is 14.2. The van der Waals surface area contributed by atoms with Crippen molar-refractivity contribution in [3.8, 4) is 0 Å². The Morgan fingerprint density at radius 3 is 2.11 bits per heavy atom. The van der Waals surface area contributed by atoms with E-state index >= 15 is 0 Å². The van der Waals surface area contributed by atoms with Crippen molar-refractivity contribution in [2.24, 2.45) is 0 Å². The molecule has 0 aromatic carbocycles. The number of hydrogen-bond acceptors (Lipinski definition) is 2. The predicted octanol–water partition coefficient (Wildman–Crippen LogP) is 4.38. The van der Waals surface area contributed by atoms with Crippen LogP contribution in [0.4, 0.5) is 0 Å². The first-order valence-electron chi connectivity index (χ1n) is 7.49. The van der Waals surface area contributed by atoms with Crippen LogP contribution in [-0.2, 0) is 4.74 Å². The third-order valence-corrected chi connectivity index (χ3v) is 7.64. The van der Waals surface area contributed by atoms with Gasteiger partial charge in [-0.3, -0.25) is 0 Å². The molecule has 3 heteroatoms. The maximum absolute atomic E-state index is 10.6. The SMILES string of the molecule is CCCCCCC[C@H](C[C@](C)(O)[Si](C)(C)C)OC. The minimum Gasteiger partial charge on any atom is -0.394 e. The smallest absolute Gasteiger partial charge is 0.0818 e. The lowest BCUT2D eigenvalue weighted by atomic mass is 10.0. The lowest BCUT2D eigenvalue weighted by Gasteiger charge is -2.38. The molecular formula is C15H34O2Si. The summed E-state index contributed by atoms with van der Waals surface area (Å²) < 4.78 is 5.55. The first kappa shape index (κ1) is 18.1. The van der Waals surface area contributed by atoms with E-state index in [-0.39, 0.29) is 6.10 Å². The van der Waals surface area contributed by atoms with Gasteiger partial charge in [-0.15, -0.1) is 0 Å². The van der Waals surface area contributed by atoms with Crippen LogP contribution in [0.3, 0.4) is 0 Å². The number of methoxy groups -OCH3 is 1. The highest BCUT2D eigenvalue weighted by atomic mass is 28.3. The normalized spacial score (nSPS) is 17.5. The van der Waals surface area contributed by atoms with E-state index < -0.39 is 13.3 Å². The van der Waals surface area contributed by atoms with Crippen molar-refractivity contribution in [2.75, 3.05) is 7.11 Å². The molecule has 0 heterocycles. The fourth-order valence-corrected chi connectivity index (χ4v) is 2.87. The van der Waals surface area contributed by atoms with Crippen LogP contribution in [0.5, 0.6) is 0 Å². The van der Waals surface area contributed by atoms with Crippen LogP contribution in [-0.4, -0.2) is 31.6 Å². The second-order valence-electron chi connectivity index (χ2n) is 6.79. The molecule has 0 aliphatic carbocycles. The Morgan fingerprint density at radius 2 is 1.67 bits per heavy atom. The number of hydrogen-bond donors (Lipinski definition) is 1. The first-order valence-corrected chi connectivity index (χ1v) is 11.0. The summed E-state index contributed by atoms with van der Waals surface area (Å²) in [6.07, 6.45) is 8.56. The summed E-state index contributed by atoms with van der Waals surface area (Å²) in [6, 6.07) is 0. The summed E-state index contributed by atoms with van der Waals surface area (Å²) in [4.78, 5) is 0. The zero-order valence-corrected chi connectivity index (χ0v) is 14.4. The predicted molar refractivity (Wildman–Crippen MR) is 82.8 cm³/mol. The third-order valence-electron chi connectivity index (χ3n) is 4.20. The molecule has 2 nitrogen and oxygen atoms in total. The molecule has 0 aliphatic rings. The summed E-state index contributed by atoms with van der Waals surface area (Å²) >= 11 is 0. The van der Waals surface area contributed by atoms with E-state index in [0.29, 0.717) is 0 Å². The lowest BCUT2D eigenvalue weighted by molar-refractivity contribution is 0.0223. The maximum atomic E-state index is 10.6. The van der Waals surface area contributed by atoms with Crippen LogP contribution in [0.1, 0.15) is 58.8 Å². The Hall–Kier alpha value is 0.137. The molecule has 0 aromatic rings. The fourth-order valence-electron chi connectivity index (χ4n) is 2.03. The van der Waals surface area contributed by atoms with E-state index in [9.17, 15) is 5.11 Å². The van der Waals surface area contributed by atoms with Gasteiger partial charge in [-0.25, -0.2) is 0 Å². The Morgan fingerprint density at radius 1 is 1.11 bits per heavy atom. The van der Waals surface area contributed by atoms with Gasteiger partial charge in [0.05, 0.1) is 19.4 Å². The average molecular weight is 275 g/mol. The largest absolute Gasteiger partial charge is 0.394 e. The van der Waals surface area contributed by atoms with E-state index in [1.54, 1.807) is 7.11 Å². The molecule has 0 fully saturated rings. The minimum absolute atomic E-state index is 0.216. The molecule has 0 amide bonds. The van der Waals surface area contributed by atoms with Crippen LogP contribution >= 0.6 is 0 Å². The van der Waals surface area contributed by atoms with Gasteiger partial charge >= 0.3 is 0 Å². The van der Waals surface area contributed by atoms with Crippen LogP contribution in [0.25, 0.3) is 0 Å². The average Bonchev–Trinajstić information content (AvgIpc) is 2.25. The monoisotopic (exact) mass is 274 g/mol. The fraction of sp³-hybridized carbons (Fsp3) is 1.00. The van der Waals surface area contributed by atoms with Gasteiger partial charge in [0.1, 0.15) is 0 Å². The van der Waals surface area contributed by atoms with E-state index in [0.717, 1.165) is 12.8 Å². The molecule has 0 radical (unpaired) electrons. The lowest BCUT2D eigenvalue weighted by Crippen LogP contribution is -2.51. The van der Waals surface area contributed by atoms with Crippen LogP contribution in [0, 0.1) is 0 Å². The van der Waals surface area contributed by atoms with E-state index in [4.69, 9.17) is 4.74 Å². The van der Waals surface area contributed by atoms with Crippen molar-refractivity contribution in [3.05, 3.63) is 0 Å². The van der Waals surface area contributed by atoms with Crippen LogP contribution in [0.2, 0.25) is 19.6 Å². The standard InChI is InChI=1S/C15H34O2Si/c1-7-8-9-10-11-12-14(17-3)13-15(2,16)18(4,5)6/h14,16H,7-13H2,1-6H3/t14-,15-/m1/s1. The van der Waals surface area contributed by atoms with Crippen molar-refractivity contribution >= 4 is 8.07 Å². The number of unbranched alkanes of at least 4 members (excludes halogenated alkanes) is 4. The van der Waals surface area contributed by atoms with E-state index in [1.807, 2.05) is 6.92 Å². The summed E-state index contributed by atoms with van der Waals surface area (Å²) in [7, 11) is 0.226. The van der Waals surface area contributed by atoms with Crippen LogP contribution < -0.4 is 0 Å². The highest BCUT2D eigenvalue weighted by molar-refractivity contribution is 6.78. The molecule has 2 atom stereocenters. The van der Waals surface area contributed by atoms with Gasteiger partial charge in [0, 0.05) is 7.11 Å². The van der Waals surface area contributed by atoms with Crippen LogP contribution in [0.15, 0.2) is 0 Å². The molecule has 0 bridgehead atoms. The minimum atomic E-state index is -1.55. The summed E-state index contributed by atoms with van der Waals surface area (Å²) in [5, 5.41) is 10.0. The van der Waals surface area contributed by atoms with Gasteiger partial charge < -0.3 is 9.84 Å². The highest BCUT2D eigenvalue weighted by Crippen LogP contribution is 2.27. The first-order chi connectivity index (χ1) is 8.24. The van der Waals surface area contributed by atoms with Gasteiger partial charge in [-0.2, -0.15) is 0 Å². The molecule has 0 saturated heterocycles. The summed E-state index contributed by atoms with van der Waals surface area (Å²) in [5.74, 6) is 0. The topological polar surface area (TPSA) is 29.5 Å². The van der Waals surface area contributed by atoms with E-state index in [1.165, 1.54) is 32.1 Å². The van der Waals surface area contributed by atoms with E-state index in [2.05, 4.69) is 26.6 Å². The Balaban J connectivity index is 4.04. The molecule has 0 saturated carbocycles. The van der Waals surface area contributed by atoms with Crippen molar-refractivity contribution in [1.29, 1.82) is 0 Å². The molecule has 1 N–H and O–H groups in total. The number of rotatable bonds is 10. The molecule has 0 aliphatic heterocycles. The molecule has 110 valence electrons. The Bertz CT molecular complexity index is 209. The highest BCUT2D eigenvalue weighted by Gasteiger charge is 2.38. The Labute approximate surface area is 115 Å².